The predicted molar refractivity (Wildman–Crippen MR) is 108 cm³/mol. The Bertz CT molecular complexity index is 743. The molecular formula is C18H23ClN2O4S. The van der Waals surface area contributed by atoms with Gasteiger partial charge in [0.2, 0.25) is 5.91 Å². The Morgan fingerprint density at radius 3 is 2.42 bits per heavy atom. The minimum atomic E-state index is -0.104. The lowest BCUT2D eigenvalue weighted by molar-refractivity contribution is -0.115. The fraction of sp³-hybridized carbons (Fsp3) is 0.278. The quantitative estimate of drug-likeness (QED) is 0.519. The van der Waals surface area contributed by atoms with Gasteiger partial charge in [0.1, 0.15) is 5.75 Å². The van der Waals surface area contributed by atoms with E-state index in [1.54, 1.807) is 51.3 Å². The van der Waals surface area contributed by atoms with E-state index in [1.807, 2.05) is 18.2 Å². The first kappa shape index (κ1) is 21.8. The first-order chi connectivity index (χ1) is 12.1. The van der Waals surface area contributed by atoms with Crippen molar-refractivity contribution >= 4 is 41.5 Å². The Kier molecular flexibility index (Phi) is 8.95. The molecule has 0 aromatic heterocycles. The molecule has 2 rings (SSSR count). The molecule has 142 valence electrons. The van der Waals surface area contributed by atoms with E-state index < -0.39 is 0 Å². The first-order valence-electron chi connectivity index (χ1n) is 7.65. The van der Waals surface area contributed by atoms with E-state index in [0.717, 1.165) is 4.90 Å². The van der Waals surface area contributed by atoms with Crippen LogP contribution in [0.5, 0.6) is 17.2 Å². The SMILES string of the molecule is COc1ccc(N)c(NC(=O)CCSc2ccc(OC)c(OC)c2)c1.Cl. The zero-order chi connectivity index (χ0) is 18.2. The van der Waals surface area contributed by atoms with Crippen LogP contribution >= 0.6 is 24.2 Å². The zero-order valence-corrected chi connectivity index (χ0v) is 16.5. The van der Waals surface area contributed by atoms with Crippen molar-refractivity contribution in [2.75, 3.05) is 38.1 Å². The van der Waals surface area contributed by atoms with Crippen LogP contribution in [0.4, 0.5) is 11.4 Å². The Morgan fingerprint density at radius 1 is 1.04 bits per heavy atom. The molecule has 0 aliphatic heterocycles. The van der Waals surface area contributed by atoms with Crippen LogP contribution in [0.3, 0.4) is 0 Å². The third kappa shape index (κ3) is 5.93. The second-order valence-electron chi connectivity index (χ2n) is 5.12. The topological polar surface area (TPSA) is 82.8 Å². The third-order valence-corrected chi connectivity index (χ3v) is 4.48. The van der Waals surface area contributed by atoms with Crippen molar-refractivity contribution in [3.8, 4) is 17.2 Å². The summed E-state index contributed by atoms with van der Waals surface area (Å²) in [6, 6.07) is 10.8. The van der Waals surface area contributed by atoms with Crippen molar-refractivity contribution in [3.05, 3.63) is 36.4 Å². The second-order valence-corrected chi connectivity index (χ2v) is 6.28. The summed E-state index contributed by atoms with van der Waals surface area (Å²) >= 11 is 1.57. The number of carbonyl (C=O) groups excluding carboxylic acids is 1. The Morgan fingerprint density at radius 2 is 1.77 bits per heavy atom. The minimum absolute atomic E-state index is 0. The second kappa shape index (κ2) is 10.7. The summed E-state index contributed by atoms with van der Waals surface area (Å²) < 4.78 is 15.6. The Labute approximate surface area is 163 Å². The van der Waals surface area contributed by atoms with Gasteiger partial charge in [-0.05, 0) is 30.3 Å². The molecule has 0 heterocycles. The molecule has 0 bridgehead atoms. The van der Waals surface area contributed by atoms with Crippen molar-refractivity contribution in [2.24, 2.45) is 0 Å². The lowest BCUT2D eigenvalue weighted by atomic mass is 10.2. The summed E-state index contributed by atoms with van der Waals surface area (Å²) in [5.41, 5.74) is 6.93. The summed E-state index contributed by atoms with van der Waals surface area (Å²) in [5.74, 6) is 2.52. The number of nitrogens with one attached hydrogen (secondary N) is 1. The smallest absolute Gasteiger partial charge is 0.225 e. The maximum atomic E-state index is 12.1. The van der Waals surface area contributed by atoms with E-state index in [0.29, 0.717) is 40.8 Å². The summed E-state index contributed by atoms with van der Waals surface area (Å²) in [6.45, 7) is 0. The molecule has 0 unspecified atom stereocenters. The molecule has 0 aliphatic rings. The van der Waals surface area contributed by atoms with E-state index >= 15 is 0 Å². The first-order valence-corrected chi connectivity index (χ1v) is 8.64. The molecule has 0 fully saturated rings. The molecule has 0 spiro atoms. The number of rotatable bonds is 8. The van der Waals surface area contributed by atoms with Crippen LogP contribution in [-0.4, -0.2) is 33.0 Å². The summed E-state index contributed by atoms with van der Waals surface area (Å²) in [6.07, 6.45) is 0.357. The maximum Gasteiger partial charge on any atom is 0.225 e. The molecule has 0 saturated heterocycles. The summed E-state index contributed by atoms with van der Waals surface area (Å²) in [7, 11) is 4.76. The highest BCUT2D eigenvalue weighted by Crippen LogP contribution is 2.32. The van der Waals surface area contributed by atoms with Crippen LogP contribution in [0.2, 0.25) is 0 Å². The minimum Gasteiger partial charge on any atom is -0.497 e. The Balaban J connectivity index is 0.00000338. The maximum absolute atomic E-state index is 12.1. The van der Waals surface area contributed by atoms with Gasteiger partial charge < -0.3 is 25.3 Å². The number of thioether (sulfide) groups is 1. The van der Waals surface area contributed by atoms with Gasteiger partial charge >= 0.3 is 0 Å². The van der Waals surface area contributed by atoms with Gasteiger partial charge in [-0.25, -0.2) is 0 Å². The molecular weight excluding hydrogens is 376 g/mol. The van der Waals surface area contributed by atoms with E-state index in [9.17, 15) is 4.79 Å². The van der Waals surface area contributed by atoms with E-state index in [4.69, 9.17) is 19.9 Å². The predicted octanol–water partition coefficient (Wildman–Crippen LogP) is 3.84. The number of methoxy groups -OCH3 is 3. The van der Waals surface area contributed by atoms with Gasteiger partial charge in [-0.3, -0.25) is 4.79 Å². The largest absolute Gasteiger partial charge is 0.497 e. The molecule has 0 aliphatic carbocycles. The highest BCUT2D eigenvalue weighted by molar-refractivity contribution is 7.99. The van der Waals surface area contributed by atoms with Crippen LogP contribution in [0, 0.1) is 0 Å². The van der Waals surface area contributed by atoms with E-state index in [-0.39, 0.29) is 18.3 Å². The number of hydrogen-bond donors (Lipinski definition) is 2. The summed E-state index contributed by atoms with van der Waals surface area (Å²) in [4.78, 5) is 13.1. The molecule has 8 heteroatoms. The number of halogens is 1. The average Bonchev–Trinajstić information content (AvgIpc) is 2.63. The van der Waals surface area contributed by atoms with Crippen LogP contribution in [0.15, 0.2) is 41.3 Å². The number of carbonyl (C=O) groups is 1. The van der Waals surface area contributed by atoms with E-state index in [1.165, 1.54) is 0 Å². The molecule has 6 nitrogen and oxygen atoms in total. The van der Waals surface area contributed by atoms with Crippen molar-refractivity contribution < 1.29 is 19.0 Å². The van der Waals surface area contributed by atoms with Crippen LogP contribution < -0.4 is 25.3 Å². The zero-order valence-electron chi connectivity index (χ0n) is 14.9. The van der Waals surface area contributed by atoms with Gasteiger partial charge in [-0.2, -0.15) is 0 Å². The summed E-state index contributed by atoms with van der Waals surface area (Å²) in [5, 5.41) is 2.81. The van der Waals surface area contributed by atoms with Crippen molar-refractivity contribution in [3.63, 3.8) is 0 Å². The normalized spacial score (nSPS) is 9.81. The highest BCUT2D eigenvalue weighted by atomic mass is 35.5. The van der Waals surface area contributed by atoms with Crippen molar-refractivity contribution in [1.82, 2.24) is 0 Å². The molecule has 3 N–H and O–H groups in total. The van der Waals surface area contributed by atoms with Crippen LogP contribution in [0.1, 0.15) is 6.42 Å². The monoisotopic (exact) mass is 398 g/mol. The molecule has 2 aromatic carbocycles. The number of benzene rings is 2. The standard InChI is InChI=1S/C18H22N2O4S.ClH/c1-22-12-4-6-14(19)15(10-12)20-18(21)8-9-25-13-5-7-16(23-2)17(11-13)24-3;/h4-7,10-11H,8-9,19H2,1-3H3,(H,20,21);1H. The number of hydrogen-bond acceptors (Lipinski definition) is 6. The van der Waals surface area contributed by atoms with Gasteiger partial charge in [-0.1, -0.05) is 0 Å². The number of anilines is 2. The highest BCUT2D eigenvalue weighted by Gasteiger charge is 2.09. The molecule has 1 amide bonds. The van der Waals surface area contributed by atoms with Crippen LogP contribution in [0.25, 0.3) is 0 Å². The van der Waals surface area contributed by atoms with Crippen molar-refractivity contribution in [2.45, 2.75) is 11.3 Å². The molecule has 0 saturated carbocycles. The number of nitrogen functional groups attached to an aromatic ring is 1. The van der Waals surface area contributed by atoms with Crippen molar-refractivity contribution in [1.29, 1.82) is 0 Å². The fourth-order valence-corrected chi connectivity index (χ4v) is 3.03. The third-order valence-electron chi connectivity index (χ3n) is 3.49. The van der Waals surface area contributed by atoms with Crippen LogP contribution in [-0.2, 0) is 4.79 Å². The molecule has 0 radical (unpaired) electrons. The lowest BCUT2D eigenvalue weighted by Gasteiger charge is -2.11. The molecule has 0 atom stereocenters. The van der Waals surface area contributed by atoms with Gasteiger partial charge in [-0.15, -0.1) is 24.2 Å². The van der Waals surface area contributed by atoms with E-state index in [2.05, 4.69) is 5.32 Å². The average molecular weight is 399 g/mol. The number of ether oxygens (including phenoxy) is 3. The van der Waals surface area contributed by atoms with Gasteiger partial charge in [0, 0.05) is 23.1 Å². The van der Waals surface area contributed by atoms with Gasteiger partial charge in [0.05, 0.1) is 32.7 Å². The van der Waals surface area contributed by atoms with Gasteiger partial charge in [0.25, 0.3) is 0 Å². The lowest BCUT2D eigenvalue weighted by Crippen LogP contribution is -2.13. The van der Waals surface area contributed by atoms with Gasteiger partial charge in [0.15, 0.2) is 11.5 Å². The number of amides is 1. The molecule has 26 heavy (non-hydrogen) atoms. The number of nitrogens with two attached hydrogens (primary N) is 1. The molecule has 2 aromatic rings. The fourth-order valence-electron chi connectivity index (χ4n) is 2.15. The Hall–Kier alpha value is -2.25.